The van der Waals surface area contributed by atoms with E-state index >= 15 is 0 Å². The predicted octanol–water partition coefficient (Wildman–Crippen LogP) is 3.75. The number of thioether (sulfide) groups is 1. The number of ether oxygens (including phenoxy) is 1. The summed E-state index contributed by atoms with van der Waals surface area (Å²) in [6, 6.07) is 5.88. The molecule has 1 fully saturated rings. The van der Waals surface area contributed by atoms with E-state index in [1.165, 1.54) is 12.1 Å². The Bertz CT molecular complexity index is 802. The van der Waals surface area contributed by atoms with Crippen molar-refractivity contribution in [2.75, 3.05) is 24.6 Å². The molecular formula is C22H37N3O6SSi. The lowest BCUT2D eigenvalue weighted by atomic mass is 10.2. The summed E-state index contributed by atoms with van der Waals surface area (Å²) in [5, 5.41) is 20.6. The summed E-state index contributed by atoms with van der Waals surface area (Å²) >= 11 is 1.56. The zero-order valence-corrected chi connectivity index (χ0v) is 22.0. The second kappa shape index (κ2) is 11.7. The van der Waals surface area contributed by atoms with Gasteiger partial charge in [0.25, 0.3) is 5.69 Å². The van der Waals surface area contributed by atoms with Crippen molar-refractivity contribution in [3.05, 3.63) is 39.9 Å². The van der Waals surface area contributed by atoms with Crippen molar-refractivity contribution < 1.29 is 24.0 Å². The minimum Gasteiger partial charge on any atom is -0.445 e. The number of nitro groups is 1. The van der Waals surface area contributed by atoms with Gasteiger partial charge >= 0.3 is 6.09 Å². The molecule has 1 unspecified atom stereocenters. The highest BCUT2D eigenvalue weighted by Crippen LogP contribution is 2.39. The number of aliphatic hydroxyl groups is 1. The van der Waals surface area contributed by atoms with Crippen LogP contribution in [0.15, 0.2) is 24.3 Å². The van der Waals surface area contributed by atoms with E-state index in [1.807, 2.05) is 0 Å². The van der Waals surface area contributed by atoms with Gasteiger partial charge in [0.05, 0.1) is 17.1 Å². The molecule has 2 rings (SSSR count). The van der Waals surface area contributed by atoms with Gasteiger partial charge in [-0.15, -0.1) is 0 Å². The number of rotatable bonds is 10. The van der Waals surface area contributed by atoms with Crippen LogP contribution in [0.4, 0.5) is 10.5 Å². The number of hydrogen-bond donors (Lipinski definition) is 2. The first-order chi connectivity index (χ1) is 15.3. The van der Waals surface area contributed by atoms with E-state index in [0.717, 1.165) is 0 Å². The summed E-state index contributed by atoms with van der Waals surface area (Å²) in [6.45, 7) is 11.6. The maximum absolute atomic E-state index is 12.9. The van der Waals surface area contributed by atoms with Crippen molar-refractivity contribution in [1.29, 1.82) is 0 Å². The van der Waals surface area contributed by atoms with Gasteiger partial charge in [0.1, 0.15) is 6.61 Å². The first-order valence-electron chi connectivity index (χ1n) is 11.1. The van der Waals surface area contributed by atoms with Crippen LogP contribution in [0.3, 0.4) is 0 Å². The number of amides is 1. The SMILES string of the molecule is CC(C)(C)[Si](C)(C)O[C@@H]1C[C@@H](CSCC(O)CN)N(C(=O)OCc2ccc([N+](=O)[O-])cc2)C1. The average Bonchev–Trinajstić information content (AvgIpc) is 3.13. The maximum atomic E-state index is 12.9. The first kappa shape index (κ1) is 27.6. The van der Waals surface area contributed by atoms with Gasteiger partial charge in [-0.2, -0.15) is 11.8 Å². The topological polar surface area (TPSA) is 128 Å². The van der Waals surface area contributed by atoms with E-state index in [9.17, 15) is 20.0 Å². The number of benzene rings is 1. The molecule has 1 aromatic carbocycles. The number of nitrogens with zero attached hydrogens (tertiary/aromatic N) is 2. The Morgan fingerprint density at radius 3 is 2.55 bits per heavy atom. The van der Waals surface area contributed by atoms with Crippen molar-refractivity contribution in [2.45, 2.75) is 70.2 Å². The van der Waals surface area contributed by atoms with Gasteiger partial charge in [-0.05, 0) is 42.2 Å². The van der Waals surface area contributed by atoms with Gasteiger partial charge < -0.3 is 24.9 Å². The van der Waals surface area contributed by atoms with E-state index in [-0.39, 0.29) is 36.0 Å². The number of likely N-dealkylation sites (tertiary alicyclic amines) is 1. The summed E-state index contributed by atoms with van der Waals surface area (Å²) in [7, 11) is -2.00. The molecule has 0 radical (unpaired) electrons. The fourth-order valence-corrected chi connectivity index (χ4v) is 5.77. The van der Waals surface area contributed by atoms with Crippen molar-refractivity contribution in [3.8, 4) is 0 Å². The molecule has 3 N–H and O–H groups in total. The molecule has 0 bridgehead atoms. The summed E-state index contributed by atoms with van der Waals surface area (Å²) in [4.78, 5) is 25.0. The lowest BCUT2D eigenvalue weighted by Gasteiger charge is -2.38. The van der Waals surface area contributed by atoms with Crippen LogP contribution < -0.4 is 5.73 Å². The molecular weight excluding hydrogens is 462 g/mol. The van der Waals surface area contributed by atoms with Crippen molar-refractivity contribution in [3.63, 3.8) is 0 Å². The van der Waals surface area contributed by atoms with Gasteiger partial charge in [0, 0.05) is 42.8 Å². The fraction of sp³-hybridized carbons (Fsp3) is 0.682. The third kappa shape index (κ3) is 7.96. The molecule has 0 saturated carbocycles. The Morgan fingerprint density at radius 2 is 2.00 bits per heavy atom. The van der Waals surface area contributed by atoms with E-state index in [0.29, 0.717) is 30.0 Å². The minimum atomic E-state index is -2.00. The highest BCUT2D eigenvalue weighted by Gasteiger charge is 2.44. The molecule has 0 aromatic heterocycles. The highest BCUT2D eigenvalue weighted by molar-refractivity contribution is 7.99. The Balaban J connectivity index is 2.03. The molecule has 1 aromatic rings. The Hall–Kier alpha value is -1.66. The molecule has 3 atom stereocenters. The zero-order chi connectivity index (χ0) is 24.8. The molecule has 1 aliphatic heterocycles. The monoisotopic (exact) mass is 499 g/mol. The normalized spacial score (nSPS) is 20.0. The van der Waals surface area contributed by atoms with E-state index in [1.54, 1.807) is 28.8 Å². The molecule has 1 aliphatic rings. The molecule has 9 nitrogen and oxygen atoms in total. The molecule has 186 valence electrons. The first-order valence-corrected chi connectivity index (χ1v) is 15.2. The van der Waals surface area contributed by atoms with Crippen molar-refractivity contribution in [2.24, 2.45) is 5.73 Å². The van der Waals surface area contributed by atoms with Gasteiger partial charge in [-0.25, -0.2) is 4.79 Å². The molecule has 1 saturated heterocycles. The number of carbonyl (C=O) groups excluding carboxylic acids is 1. The van der Waals surface area contributed by atoms with Crippen LogP contribution in [0.2, 0.25) is 18.1 Å². The molecule has 11 heteroatoms. The second-order valence-corrected chi connectivity index (χ2v) is 15.8. The number of nitrogens with two attached hydrogens (primary N) is 1. The van der Waals surface area contributed by atoms with E-state index < -0.39 is 25.4 Å². The summed E-state index contributed by atoms with van der Waals surface area (Å²) in [6.07, 6.45) is -0.356. The number of non-ortho nitro benzene ring substituents is 1. The van der Waals surface area contributed by atoms with E-state index in [2.05, 4.69) is 33.9 Å². The summed E-state index contributed by atoms with van der Waals surface area (Å²) < 4.78 is 12.1. The largest absolute Gasteiger partial charge is 0.445 e. The summed E-state index contributed by atoms with van der Waals surface area (Å²) in [5.41, 5.74) is 6.17. The van der Waals surface area contributed by atoms with Crippen LogP contribution in [-0.4, -0.2) is 72.2 Å². The minimum absolute atomic E-state index is 0.00741. The molecule has 0 aliphatic carbocycles. The number of hydrogen-bond acceptors (Lipinski definition) is 8. The quantitative estimate of drug-likeness (QED) is 0.283. The number of aliphatic hydroxyl groups excluding tert-OH is 1. The average molecular weight is 500 g/mol. The van der Waals surface area contributed by atoms with Crippen molar-refractivity contribution >= 4 is 31.9 Å². The standard InChI is InChI=1S/C22H37N3O6SSi/c1-22(2,3)33(4,5)31-20-10-18(14-32-15-19(26)11-23)24(12-20)21(27)30-13-16-6-8-17(9-7-16)25(28)29/h6-9,18-20,26H,10-15,23H2,1-5H3/t18-,19?,20+/m0/s1. The van der Waals surface area contributed by atoms with Crippen LogP contribution in [0.25, 0.3) is 0 Å². The predicted molar refractivity (Wildman–Crippen MR) is 133 cm³/mol. The van der Waals surface area contributed by atoms with Crippen molar-refractivity contribution in [1.82, 2.24) is 4.90 Å². The fourth-order valence-electron chi connectivity index (χ4n) is 3.28. The molecule has 1 heterocycles. The molecule has 0 spiro atoms. The van der Waals surface area contributed by atoms with Crippen LogP contribution in [0.5, 0.6) is 0 Å². The van der Waals surface area contributed by atoms with Gasteiger partial charge in [-0.1, -0.05) is 20.8 Å². The lowest BCUT2D eigenvalue weighted by Crippen LogP contribution is -2.44. The number of nitro benzene ring substituents is 1. The van der Waals surface area contributed by atoms with Crippen LogP contribution in [0, 0.1) is 10.1 Å². The van der Waals surface area contributed by atoms with Gasteiger partial charge in [-0.3, -0.25) is 10.1 Å². The Kier molecular flexibility index (Phi) is 9.74. The second-order valence-electron chi connectivity index (χ2n) is 9.95. The Morgan fingerprint density at radius 1 is 1.36 bits per heavy atom. The van der Waals surface area contributed by atoms with Crippen LogP contribution in [-0.2, 0) is 15.8 Å². The number of carbonyl (C=O) groups is 1. The zero-order valence-electron chi connectivity index (χ0n) is 20.2. The smallest absolute Gasteiger partial charge is 0.410 e. The van der Waals surface area contributed by atoms with Crippen LogP contribution in [0.1, 0.15) is 32.8 Å². The van der Waals surface area contributed by atoms with Crippen LogP contribution >= 0.6 is 11.8 Å². The lowest BCUT2D eigenvalue weighted by molar-refractivity contribution is -0.384. The Labute approximate surface area is 201 Å². The third-order valence-corrected chi connectivity index (χ3v) is 12.1. The highest BCUT2D eigenvalue weighted by atomic mass is 32.2. The molecule has 33 heavy (non-hydrogen) atoms. The maximum Gasteiger partial charge on any atom is 0.410 e. The van der Waals surface area contributed by atoms with Gasteiger partial charge in [0.2, 0.25) is 0 Å². The summed E-state index contributed by atoms with van der Waals surface area (Å²) in [5.74, 6) is 1.16. The van der Waals surface area contributed by atoms with Gasteiger partial charge in [0.15, 0.2) is 8.32 Å². The van der Waals surface area contributed by atoms with E-state index in [4.69, 9.17) is 14.9 Å². The molecule has 1 amide bonds. The third-order valence-electron chi connectivity index (χ3n) is 6.28.